The molecule has 1 saturated heterocycles. The lowest BCUT2D eigenvalue weighted by Crippen LogP contribution is -2.45. The van der Waals surface area contributed by atoms with E-state index in [-0.39, 0.29) is 35.9 Å². The van der Waals surface area contributed by atoms with Gasteiger partial charge in [0.2, 0.25) is 5.91 Å². The molecule has 1 aromatic carbocycles. The molecule has 1 saturated carbocycles. The number of hydrogen-bond acceptors (Lipinski definition) is 2. The van der Waals surface area contributed by atoms with Crippen molar-refractivity contribution >= 4 is 51.8 Å². The molecule has 2 N–H and O–H groups in total. The summed E-state index contributed by atoms with van der Waals surface area (Å²) >= 11 is 3.50. The molecule has 2 aliphatic rings. The number of nitrogens with zero attached hydrogens (tertiary/aromatic N) is 2. The molecule has 5 nitrogen and oxygen atoms in total. The number of carbonyl (C=O) groups is 1. The fourth-order valence-electron chi connectivity index (χ4n) is 3.83. The van der Waals surface area contributed by atoms with E-state index in [0.29, 0.717) is 12.5 Å². The molecule has 1 heterocycles. The molecule has 0 spiro atoms. The van der Waals surface area contributed by atoms with Crippen LogP contribution in [0.5, 0.6) is 0 Å². The summed E-state index contributed by atoms with van der Waals surface area (Å²) in [5.41, 5.74) is 1.17. The Morgan fingerprint density at radius 1 is 1.30 bits per heavy atom. The molecule has 7 heteroatoms. The Labute approximate surface area is 187 Å². The lowest BCUT2D eigenvalue weighted by Gasteiger charge is -2.21. The Balaban J connectivity index is 0.00000261. The third-order valence-electron chi connectivity index (χ3n) is 5.20. The van der Waals surface area contributed by atoms with Gasteiger partial charge in [0, 0.05) is 36.1 Å². The maximum atomic E-state index is 12.6. The first-order valence-corrected chi connectivity index (χ1v) is 10.5. The highest BCUT2D eigenvalue weighted by Crippen LogP contribution is 2.27. The number of benzene rings is 1. The summed E-state index contributed by atoms with van der Waals surface area (Å²) < 4.78 is 1.07. The summed E-state index contributed by atoms with van der Waals surface area (Å²) in [5, 5.41) is 6.83. The number of guanidine groups is 1. The average molecular weight is 549 g/mol. The van der Waals surface area contributed by atoms with E-state index >= 15 is 0 Å². The van der Waals surface area contributed by atoms with E-state index in [0.717, 1.165) is 49.3 Å². The number of likely N-dealkylation sites (tertiary alicyclic amines) is 1. The molecule has 1 amide bonds. The number of hydrogen-bond donors (Lipinski definition) is 2. The minimum absolute atomic E-state index is 0. The van der Waals surface area contributed by atoms with Crippen LogP contribution in [-0.4, -0.2) is 42.4 Å². The third kappa shape index (κ3) is 6.62. The van der Waals surface area contributed by atoms with Gasteiger partial charge in [-0.2, -0.15) is 0 Å². The predicted molar refractivity (Wildman–Crippen MR) is 124 cm³/mol. The summed E-state index contributed by atoms with van der Waals surface area (Å²) in [6.07, 6.45) is 5.55. The lowest BCUT2D eigenvalue weighted by atomic mass is 10.1. The van der Waals surface area contributed by atoms with Crippen molar-refractivity contribution in [1.82, 2.24) is 15.5 Å². The SMILES string of the molecule is CCNC(=NCc1cccc(Br)c1)NC1CCN(C(=O)C2CCCC2)C1.I. The van der Waals surface area contributed by atoms with Crippen LogP contribution in [0.1, 0.15) is 44.6 Å². The first-order valence-electron chi connectivity index (χ1n) is 9.73. The second-order valence-corrected chi connectivity index (χ2v) is 8.14. The summed E-state index contributed by atoms with van der Waals surface area (Å²) in [4.78, 5) is 19.3. The molecule has 1 aliphatic carbocycles. The van der Waals surface area contributed by atoms with Crippen LogP contribution in [0.4, 0.5) is 0 Å². The van der Waals surface area contributed by atoms with Crippen LogP contribution in [0.2, 0.25) is 0 Å². The van der Waals surface area contributed by atoms with E-state index in [1.807, 2.05) is 17.0 Å². The number of amides is 1. The van der Waals surface area contributed by atoms with Gasteiger partial charge in [-0.15, -0.1) is 24.0 Å². The van der Waals surface area contributed by atoms with Gasteiger partial charge in [0.25, 0.3) is 0 Å². The van der Waals surface area contributed by atoms with Gasteiger partial charge in [-0.1, -0.05) is 40.9 Å². The summed E-state index contributed by atoms with van der Waals surface area (Å²) in [7, 11) is 0. The van der Waals surface area contributed by atoms with Crippen LogP contribution >= 0.6 is 39.9 Å². The fourth-order valence-corrected chi connectivity index (χ4v) is 4.27. The monoisotopic (exact) mass is 548 g/mol. The summed E-state index contributed by atoms with van der Waals surface area (Å²) in [5.74, 6) is 1.46. The number of carbonyl (C=O) groups excluding carboxylic acids is 1. The number of halogens is 2. The van der Waals surface area contributed by atoms with Crippen LogP contribution in [0.3, 0.4) is 0 Å². The van der Waals surface area contributed by atoms with E-state index < -0.39 is 0 Å². The van der Waals surface area contributed by atoms with Crippen molar-refractivity contribution in [2.45, 2.75) is 51.6 Å². The van der Waals surface area contributed by atoms with Crippen molar-refractivity contribution < 1.29 is 4.79 Å². The minimum atomic E-state index is 0. The van der Waals surface area contributed by atoms with E-state index in [4.69, 9.17) is 4.99 Å². The lowest BCUT2D eigenvalue weighted by molar-refractivity contribution is -0.134. The normalized spacial score (nSPS) is 20.4. The molecule has 1 aromatic rings. The van der Waals surface area contributed by atoms with Crippen LogP contribution in [0, 0.1) is 5.92 Å². The van der Waals surface area contributed by atoms with Gasteiger partial charge in [0.05, 0.1) is 6.54 Å². The average Bonchev–Trinajstić information content (AvgIpc) is 3.31. The van der Waals surface area contributed by atoms with Gasteiger partial charge in [-0.05, 0) is 43.9 Å². The topological polar surface area (TPSA) is 56.7 Å². The van der Waals surface area contributed by atoms with Crippen molar-refractivity contribution in [2.75, 3.05) is 19.6 Å². The highest BCUT2D eigenvalue weighted by Gasteiger charge is 2.32. The molecule has 1 unspecified atom stereocenters. The Kier molecular flexibility index (Phi) is 9.35. The Hall–Kier alpha value is -0.830. The fraction of sp³-hybridized carbons (Fsp3) is 0.600. The highest BCUT2D eigenvalue weighted by molar-refractivity contribution is 14.0. The van der Waals surface area contributed by atoms with Gasteiger partial charge in [0.1, 0.15) is 0 Å². The maximum absolute atomic E-state index is 12.6. The summed E-state index contributed by atoms with van der Waals surface area (Å²) in [6.45, 7) is 5.17. The molecule has 0 bridgehead atoms. The molecule has 150 valence electrons. The van der Waals surface area contributed by atoms with Crippen molar-refractivity contribution in [3.8, 4) is 0 Å². The van der Waals surface area contributed by atoms with Gasteiger partial charge >= 0.3 is 0 Å². The van der Waals surface area contributed by atoms with Crippen molar-refractivity contribution in [2.24, 2.45) is 10.9 Å². The van der Waals surface area contributed by atoms with Gasteiger partial charge in [-0.25, -0.2) is 4.99 Å². The van der Waals surface area contributed by atoms with Crippen LogP contribution in [0.25, 0.3) is 0 Å². The Bertz CT molecular complexity index is 649. The van der Waals surface area contributed by atoms with E-state index in [2.05, 4.69) is 45.6 Å². The van der Waals surface area contributed by atoms with E-state index in [1.165, 1.54) is 18.4 Å². The van der Waals surface area contributed by atoms with Gasteiger partial charge < -0.3 is 15.5 Å². The molecule has 2 fully saturated rings. The van der Waals surface area contributed by atoms with Crippen molar-refractivity contribution in [3.05, 3.63) is 34.3 Å². The zero-order chi connectivity index (χ0) is 18.4. The zero-order valence-electron chi connectivity index (χ0n) is 15.9. The summed E-state index contributed by atoms with van der Waals surface area (Å²) in [6, 6.07) is 8.49. The number of rotatable bonds is 5. The first kappa shape index (κ1) is 22.5. The Morgan fingerprint density at radius 3 is 2.78 bits per heavy atom. The molecular weight excluding hydrogens is 519 g/mol. The van der Waals surface area contributed by atoms with E-state index in [9.17, 15) is 4.79 Å². The molecule has 3 rings (SSSR count). The smallest absolute Gasteiger partial charge is 0.225 e. The largest absolute Gasteiger partial charge is 0.357 e. The second-order valence-electron chi connectivity index (χ2n) is 7.22. The van der Waals surface area contributed by atoms with Crippen molar-refractivity contribution in [1.29, 1.82) is 0 Å². The third-order valence-corrected chi connectivity index (χ3v) is 5.69. The zero-order valence-corrected chi connectivity index (χ0v) is 19.8. The van der Waals surface area contributed by atoms with Crippen LogP contribution < -0.4 is 10.6 Å². The first-order chi connectivity index (χ1) is 12.7. The van der Waals surface area contributed by atoms with E-state index in [1.54, 1.807) is 0 Å². The van der Waals surface area contributed by atoms with Gasteiger partial charge in [0.15, 0.2) is 5.96 Å². The molecular formula is C20H30BrIN4O. The minimum Gasteiger partial charge on any atom is -0.357 e. The Morgan fingerprint density at radius 2 is 2.07 bits per heavy atom. The van der Waals surface area contributed by atoms with Crippen LogP contribution in [0.15, 0.2) is 33.7 Å². The second kappa shape index (κ2) is 11.2. The molecule has 1 aliphatic heterocycles. The quantitative estimate of drug-likeness (QED) is 0.333. The standard InChI is InChI=1S/C20H29BrN4O.HI/c1-2-22-20(23-13-15-6-5-9-17(21)12-15)24-18-10-11-25(14-18)19(26)16-7-3-4-8-16;/h5-6,9,12,16,18H,2-4,7-8,10-11,13-14H2,1H3,(H2,22,23,24);1H. The predicted octanol–water partition coefficient (Wildman–Crippen LogP) is 3.91. The number of nitrogens with one attached hydrogen (secondary N) is 2. The molecule has 0 aromatic heterocycles. The molecule has 27 heavy (non-hydrogen) atoms. The van der Waals surface area contributed by atoms with Gasteiger partial charge in [-0.3, -0.25) is 4.79 Å². The number of aliphatic imine (C=N–C) groups is 1. The maximum Gasteiger partial charge on any atom is 0.225 e. The molecule has 0 radical (unpaired) electrons. The highest BCUT2D eigenvalue weighted by atomic mass is 127. The van der Waals surface area contributed by atoms with Crippen LogP contribution in [-0.2, 0) is 11.3 Å². The van der Waals surface area contributed by atoms with Crippen molar-refractivity contribution in [3.63, 3.8) is 0 Å². The molecule has 1 atom stereocenters.